The first-order chi connectivity index (χ1) is 17.7. The minimum Gasteiger partial charge on any atom is -0.477 e. The van der Waals surface area contributed by atoms with Crippen LogP contribution in [0.25, 0.3) is 11.1 Å². The minimum atomic E-state index is -4.83. The van der Waals surface area contributed by atoms with E-state index in [1.807, 2.05) is 0 Å². The fourth-order valence-electron chi connectivity index (χ4n) is 3.25. The summed E-state index contributed by atoms with van der Waals surface area (Å²) in [7, 11) is 0. The highest BCUT2D eigenvalue weighted by Crippen LogP contribution is 2.40. The highest BCUT2D eigenvalue weighted by Gasteiger charge is 2.37. The summed E-state index contributed by atoms with van der Waals surface area (Å²) in [5.74, 6) is -1.36. The van der Waals surface area contributed by atoms with Crippen molar-refractivity contribution >= 4 is 17.6 Å². The van der Waals surface area contributed by atoms with Gasteiger partial charge in [0.1, 0.15) is 11.3 Å². The molecule has 0 saturated carbocycles. The first-order valence-corrected chi connectivity index (χ1v) is 10.5. The van der Waals surface area contributed by atoms with E-state index in [9.17, 15) is 35.9 Å². The van der Waals surface area contributed by atoms with Crippen LogP contribution in [0.15, 0.2) is 63.8 Å². The molecule has 0 unspecified atom stereocenters. The minimum absolute atomic E-state index is 0.0821. The Balaban J connectivity index is 0.000000336. The van der Waals surface area contributed by atoms with Crippen molar-refractivity contribution in [2.75, 3.05) is 5.32 Å². The number of aryl methyl sites for hydroxylation is 2. The van der Waals surface area contributed by atoms with Crippen molar-refractivity contribution in [3.63, 3.8) is 0 Å². The number of carboxylic acid groups (broad SMARTS) is 1. The maximum absolute atomic E-state index is 13.2. The number of rotatable bonds is 4. The van der Waals surface area contributed by atoms with Crippen LogP contribution in [0.2, 0.25) is 0 Å². The molecule has 0 bridgehead atoms. The fraction of sp³-hybridized carbons (Fsp3) is 0.167. The van der Waals surface area contributed by atoms with E-state index in [1.54, 1.807) is 13.8 Å². The molecule has 0 spiro atoms. The van der Waals surface area contributed by atoms with Crippen LogP contribution < -0.4 is 5.32 Å². The molecule has 2 aromatic heterocycles. The molecular formula is C24H17F6N3O5. The zero-order valence-electron chi connectivity index (χ0n) is 19.4. The molecular weight excluding hydrogens is 524 g/mol. The lowest BCUT2D eigenvalue weighted by molar-refractivity contribution is -0.141. The molecule has 38 heavy (non-hydrogen) atoms. The van der Waals surface area contributed by atoms with Gasteiger partial charge in [0, 0.05) is 11.8 Å². The van der Waals surface area contributed by atoms with E-state index < -0.39 is 40.9 Å². The second-order valence-electron chi connectivity index (χ2n) is 7.67. The van der Waals surface area contributed by atoms with Gasteiger partial charge in [0.2, 0.25) is 5.76 Å². The number of carboxylic acids is 1. The first kappa shape index (κ1) is 28.0. The number of aromatic nitrogens is 2. The molecule has 14 heteroatoms. The average molecular weight is 541 g/mol. The van der Waals surface area contributed by atoms with Crippen molar-refractivity contribution in [3.05, 3.63) is 88.6 Å². The van der Waals surface area contributed by atoms with Crippen LogP contribution >= 0.6 is 0 Å². The molecule has 0 aliphatic heterocycles. The van der Waals surface area contributed by atoms with Crippen LogP contribution in [0.1, 0.15) is 43.5 Å². The summed E-state index contributed by atoms with van der Waals surface area (Å²) in [6, 6.07) is 7.44. The van der Waals surface area contributed by atoms with Gasteiger partial charge in [-0.15, -0.1) is 0 Å². The predicted octanol–water partition coefficient (Wildman–Crippen LogP) is 6.62. The quantitative estimate of drug-likeness (QED) is 0.279. The van der Waals surface area contributed by atoms with Crippen LogP contribution in [0.5, 0.6) is 0 Å². The van der Waals surface area contributed by atoms with Crippen LogP contribution in [-0.2, 0) is 12.4 Å². The number of nitrogens with one attached hydrogen (secondary N) is 1. The third kappa shape index (κ3) is 6.57. The second-order valence-corrected chi connectivity index (χ2v) is 7.67. The van der Waals surface area contributed by atoms with E-state index in [0.717, 1.165) is 0 Å². The van der Waals surface area contributed by atoms with E-state index in [-0.39, 0.29) is 22.6 Å². The molecule has 0 aliphatic carbocycles. The second kappa shape index (κ2) is 10.8. The van der Waals surface area contributed by atoms with E-state index in [1.165, 1.54) is 36.5 Å². The van der Waals surface area contributed by atoms with Crippen molar-refractivity contribution < 1.29 is 50.1 Å². The fourth-order valence-corrected chi connectivity index (χ4v) is 3.25. The summed E-state index contributed by atoms with van der Waals surface area (Å²) < 4.78 is 87.7. The number of carbonyl (C=O) groups is 2. The monoisotopic (exact) mass is 541 g/mol. The molecule has 0 fully saturated rings. The summed E-state index contributed by atoms with van der Waals surface area (Å²) in [4.78, 5) is 22.3. The molecule has 4 aromatic rings. The lowest BCUT2D eigenvalue weighted by atomic mass is 9.96. The Hall–Kier alpha value is -4.62. The number of amides is 1. The van der Waals surface area contributed by atoms with E-state index in [0.29, 0.717) is 29.7 Å². The largest absolute Gasteiger partial charge is 0.477 e. The first-order valence-electron chi connectivity index (χ1n) is 10.5. The molecule has 2 heterocycles. The molecule has 1 amide bonds. The summed E-state index contributed by atoms with van der Waals surface area (Å²) in [5.41, 5.74) is -2.29. The Bertz CT molecular complexity index is 1410. The number of hydrogen-bond acceptors (Lipinski definition) is 6. The number of anilines is 1. The van der Waals surface area contributed by atoms with Gasteiger partial charge in [-0.25, -0.2) is 4.79 Å². The van der Waals surface area contributed by atoms with Crippen molar-refractivity contribution in [3.8, 4) is 11.1 Å². The van der Waals surface area contributed by atoms with Gasteiger partial charge in [0.25, 0.3) is 5.91 Å². The van der Waals surface area contributed by atoms with Gasteiger partial charge < -0.3 is 19.5 Å². The average Bonchev–Trinajstić information content (AvgIpc) is 3.48. The maximum atomic E-state index is 13.2. The van der Waals surface area contributed by atoms with Gasteiger partial charge in [-0.05, 0) is 55.3 Å². The van der Waals surface area contributed by atoms with E-state index >= 15 is 0 Å². The predicted molar refractivity (Wildman–Crippen MR) is 119 cm³/mol. The van der Waals surface area contributed by atoms with Crippen molar-refractivity contribution in [1.29, 1.82) is 0 Å². The van der Waals surface area contributed by atoms with Crippen molar-refractivity contribution in [2.24, 2.45) is 0 Å². The molecule has 4 rings (SSSR count). The summed E-state index contributed by atoms with van der Waals surface area (Å²) in [6.07, 6.45) is -8.37. The molecule has 0 aliphatic rings. The maximum Gasteiger partial charge on any atom is 0.417 e. The topological polar surface area (TPSA) is 118 Å². The lowest BCUT2D eigenvalue weighted by Gasteiger charge is -2.16. The standard InChI is InChI=1S/C18H10F6N2O2.C6H7NO3/c19-17(20,21)11-3-6-14(18(22,23)24)13(9-11)10-1-4-12(5-2-10)26-16(27)15-7-8-25-28-15;1-3-5(6(8)9)4(2)10-7-3/h1-9H,(H,26,27);1-2H3,(H,8,9). The Kier molecular flexibility index (Phi) is 7.93. The van der Waals surface area contributed by atoms with Gasteiger partial charge in [0.15, 0.2) is 0 Å². The third-order valence-corrected chi connectivity index (χ3v) is 5.01. The third-order valence-electron chi connectivity index (χ3n) is 5.01. The molecule has 200 valence electrons. The Morgan fingerprint density at radius 2 is 1.55 bits per heavy atom. The molecule has 0 saturated heterocycles. The molecule has 0 atom stereocenters. The summed E-state index contributed by atoms with van der Waals surface area (Å²) in [5, 5.41) is 17.8. The van der Waals surface area contributed by atoms with E-state index in [4.69, 9.17) is 5.11 Å². The van der Waals surface area contributed by atoms with Crippen LogP contribution in [0.4, 0.5) is 32.0 Å². The number of nitrogens with zero attached hydrogens (tertiary/aromatic N) is 2. The molecule has 0 radical (unpaired) electrons. The molecule has 8 nitrogen and oxygen atoms in total. The Morgan fingerprint density at radius 1 is 0.895 bits per heavy atom. The van der Waals surface area contributed by atoms with Gasteiger partial charge in [0.05, 0.1) is 23.0 Å². The number of halogens is 6. The van der Waals surface area contributed by atoms with Gasteiger partial charge in [-0.2, -0.15) is 26.3 Å². The Labute approximate surface area is 209 Å². The van der Waals surface area contributed by atoms with Gasteiger partial charge in [-0.1, -0.05) is 22.4 Å². The summed E-state index contributed by atoms with van der Waals surface area (Å²) in [6.45, 7) is 3.17. The smallest absolute Gasteiger partial charge is 0.417 e. The van der Waals surface area contributed by atoms with Gasteiger partial charge >= 0.3 is 18.3 Å². The lowest BCUT2D eigenvalue weighted by Crippen LogP contribution is -2.11. The SMILES string of the molecule is Cc1noc(C)c1C(=O)O.O=C(Nc1ccc(-c2cc(C(F)(F)F)ccc2C(F)(F)F)cc1)c1ccno1. The number of hydrogen-bond donors (Lipinski definition) is 2. The highest BCUT2D eigenvalue weighted by atomic mass is 19.4. The highest BCUT2D eigenvalue weighted by molar-refractivity contribution is 6.02. The Morgan fingerprint density at radius 3 is 2.00 bits per heavy atom. The zero-order valence-corrected chi connectivity index (χ0v) is 19.4. The normalized spacial score (nSPS) is 11.5. The molecule has 2 N–H and O–H groups in total. The molecule has 2 aromatic carbocycles. The number of carbonyl (C=O) groups excluding carboxylic acids is 1. The van der Waals surface area contributed by atoms with Crippen LogP contribution in [0.3, 0.4) is 0 Å². The van der Waals surface area contributed by atoms with Crippen LogP contribution in [-0.4, -0.2) is 27.3 Å². The van der Waals surface area contributed by atoms with E-state index in [2.05, 4.69) is 24.7 Å². The number of benzene rings is 2. The van der Waals surface area contributed by atoms with Crippen molar-refractivity contribution in [1.82, 2.24) is 10.3 Å². The zero-order chi connectivity index (χ0) is 28.3. The summed E-state index contributed by atoms with van der Waals surface area (Å²) >= 11 is 0. The van der Waals surface area contributed by atoms with Crippen LogP contribution in [0, 0.1) is 13.8 Å². The number of aromatic carboxylic acids is 1. The van der Waals surface area contributed by atoms with Gasteiger partial charge in [-0.3, -0.25) is 4.79 Å². The number of alkyl halides is 6. The van der Waals surface area contributed by atoms with Crippen molar-refractivity contribution in [2.45, 2.75) is 26.2 Å².